The van der Waals surface area contributed by atoms with Gasteiger partial charge in [0, 0.05) is 38.7 Å². The van der Waals surface area contributed by atoms with E-state index in [1.165, 1.54) is 42.7 Å². The van der Waals surface area contributed by atoms with E-state index in [1.54, 1.807) is 6.07 Å². The zero-order valence-corrected chi connectivity index (χ0v) is 11.2. The van der Waals surface area contributed by atoms with Gasteiger partial charge in [-0.25, -0.2) is 4.98 Å². The summed E-state index contributed by atoms with van der Waals surface area (Å²) in [4.78, 5) is 14.5. The van der Waals surface area contributed by atoms with Gasteiger partial charge in [-0.15, -0.1) is 0 Å². The van der Waals surface area contributed by atoms with Crippen LogP contribution in [-0.2, 0) is 6.37 Å². The zero-order valence-electron chi connectivity index (χ0n) is 13.2. The number of non-ortho nitro benzene ring substituents is 1. The first kappa shape index (κ1) is 11.4. The standard InChI is InChI=1S/C15H12N4O3/c20-14-5-4-12(6-10-8-16-17-9-10)18-15(14)11-2-1-3-13(7-11)19(21)22/h1-5,7-9,20H,6H2,(H,16,17)/i6D2. The van der Waals surface area contributed by atoms with E-state index in [0.717, 1.165) is 0 Å². The maximum Gasteiger partial charge on any atom is 0.270 e. The highest BCUT2D eigenvalue weighted by atomic mass is 16.6. The van der Waals surface area contributed by atoms with Crippen molar-refractivity contribution in [2.45, 2.75) is 6.37 Å². The van der Waals surface area contributed by atoms with Crippen molar-refractivity contribution in [2.75, 3.05) is 0 Å². The van der Waals surface area contributed by atoms with Crippen molar-refractivity contribution in [3.05, 3.63) is 70.2 Å². The molecule has 0 spiro atoms. The van der Waals surface area contributed by atoms with E-state index in [0.29, 0.717) is 5.56 Å². The van der Waals surface area contributed by atoms with E-state index in [4.69, 9.17) is 2.74 Å². The van der Waals surface area contributed by atoms with Crippen molar-refractivity contribution in [3.8, 4) is 17.0 Å². The fraction of sp³-hybridized carbons (Fsp3) is 0.0667. The Morgan fingerprint density at radius 3 is 2.95 bits per heavy atom. The molecule has 0 saturated carbocycles. The number of aromatic nitrogens is 3. The molecule has 110 valence electrons. The minimum Gasteiger partial charge on any atom is -0.506 e. The molecule has 3 aromatic rings. The quantitative estimate of drug-likeness (QED) is 0.569. The minimum atomic E-state index is -1.93. The molecule has 2 aromatic heterocycles. The van der Waals surface area contributed by atoms with Crippen molar-refractivity contribution in [2.24, 2.45) is 0 Å². The van der Waals surface area contributed by atoms with E-state index in [1.807, 2.05) is 0 Å². The van der Waals surface area contributed by atoms with Gasteiger partial charge in [0.05, 0.1) is 11.1 Å². The van der Waals surface area contributed by atoms with E-state index < -0.39 is 11.3 Å². The van der Waals surface area contributed by atoms with Crippen LogP contribution in [0.2, 0.25) is 0 Å². The second-order valence-corrected chi connectivity index (χ2v) is 4.48. The van der Waals surface area contributed by atoms with Gasteiger partial charge in [0.25, 0.3) is 5.69 Å². The van der Waals surface area contributed by atoms with Crippen LogP contribution >= 0.6 is 0 Å². The normalized spacial score (nSPS) is 12.5. The molecule has 0 unspecified atom stereocenters. The monoisotopic (exact) mass is 298 g/mol. The van der Waals surface area contributed by atoms with E-state index in [2.05, 4.69) is 15.2 Å². The summed E-state index contributed by atoms with van der Waals surface area (Å²) in [7, 11) is 0. The molecule has 7 nitrogen and oxygen atoms in total. The average Bonchev–Trinajstić information content (AvgIpc) is 3.10. The minimum absolute atomic E-state index is 0.0585. The van der Waals surface area contributed by atoms with Gasteiger partial charge in [0.15, 0.2) is 0 Å². The Bertz CT molecular complexity index is 897. The lowest BCUT2D eigenvalue weighted by molar-refractivity contribution is -0.384. The highest BCUT2D eigenvalue weighted by Gasteiger charge is 2.12. The average molecular weight is 298 g/mol. The van der Waals surface area contributed by atoms with E-state index >= 15 is 0 Å². The third-order valence-corrected chi connectivity index (χ3v) is 2.97. The summed E-state index contributed by atoms with van der Waals surface area (Å²) < 4.78 is 16.4. The molecule has 7 heteroatoms. The summed E-state index contributed by atoms with van der Waals surface area (Å²) in [5, 5.41) is 27.2. The van der Waals surface area contributed by atoms with Crippen LogP contribution in [-0.4, -0.2) is 25.2 Å². The number of aromatic hydroxyl groups is 1. The number of pyridine rings is 1. The number of nitro groups is 1. The summed E-state index contributed by atoms with van der Waals surface area (Å²) in [5.41, 5.74) is 0.598. The van der Waals surface area contributed by atoms with Crippen LogP contribution in [0, 0.1) is 10.1 Å². The molecule has 3 rings (SSSR count). The number of aromatic amines is 1. The van der Waals surface area contributed by atoms with Gasteiger partial charge in [-0.2, -0.15) is 5.10 Å². The molecule has 2 heterocycles. The van der Waals surface area contributed by atoms with Crippen molar-refractivity contribution in [1.29, 1.82) is 0 Å². The number of H-pyrrole nitrogens is 1. The highest BCUT2D eigenvalue weighted by molar-refractivity contribution is 5.68. The van der Waals surface area contributed by atoms with Crippen LogP contribution in [0.5, 0.6) is 5.75 Å². The number of nitrogens with one attached hydrogen (secondary N) is 1. The largest absolute Gasteiger partial charge is 0.506 e. The Balaban J connectivity index is 2.10. The fourth-order valence-corrected chi connectivity index (χ4v) is 1.97. The molecule has 22 heavy (non-hydrogen) atoms. The van der Waals surface area contributed by atoms with Gasteiger partial charge in [0.2, 0.25) is 0 Å². The number of nitro benzene ring substituents is 1. The van der Waals surface area contributed by atoms with Crippen molar-refractivity contribution < 1.29 is 12.8 Å². The molecular formula is C15H12N4O3. The van der Waals surface area contributed by atoms with Crippen LogP contribution in [0.4, 0.5) is 5.69 Å². The molecule has 1 aromatic carbocycles. The Morgan fingerprint density at radius 1 is 1.36 bits per heavy atom. The van der Waals surface area contributed by atoms with Crippen LogP contribution in [0.3, 0.4) is 0 Å². The van der Waals surface area contributed by atoms with Crippen molar-refractivity contribution >= 4 is 5.69 Å². The zero-order chi connectivity index (χ0) is 17.3. The van der Waals surface area contributed by atoms with Crippen molar-refractivity contribution in [1.82, 2.24) is 15.2 Å². The highest BCUT2D eigenvalue weighted by Crippen LogP contribution is 2.29. The van der Waals surface area contributed by atoms with E-state index in [-0.39, 0.29) is 28.4 Å². The molecular weight excluding hydrogens is 284 g/mol. The smallest absolute Gasteiger partial charge is 0.270 e. The SMILES string of the molecule is [2H]C([2H])(c1cn[nH]c1)c1ccc(O)c(-c2cccc([N+](=O)[O-])c2)n1. The van der Waals surface area contributed by atoms with Gasteiger partial charge < -0.3 is 5.11 Å². The van der Waals surface area contributed by atoms with Crippen LogP contribution in [0.1, 0.15) is 14.0 Å². The molecule has 0 fully saturated rings. The Morgan fingerprint density at radius 2 is 2.23 bits per heavy atom. The van der Waals surface area contributed by atoms with Gasteiger partial charge >= 0.3 is 0 Å². The molecule has 0 radical (unpaired) electrons. The van der Waals surface area contributed by atoms with Crippen LogP contribution < -0.4 is 0 Å². The molecule has 0 aliphatic rings. The Hall–Kier alpha value is -3.22. The van der Waals surface area contributed by atoms with Crippen LogP contribution in [0.15, 0.2) is 48.8 Å². The molecule has 0 saturated heterocycles. The third kappa shape index (κ3) is 2.78. The predicted octanol–water partition coefficient (Wildman–Crippen LogP) is 2.68. The van der Waals surface area contributed by atoms with Gasteiger partial charge in [0.1, 0.15) is 11.4 Å². The first-order chi connectivity index (χ1) is 11.4. The molecule has 0 atom stereocenters. The van der Waals surface area contributed by atoms with Gasteiger partial charge in [-0.05, 0) is 17.7 Å². The number of hydrogen-bond acceptors (Lipinski definition) is 5. The number of benzene rings is 1. The first-order valence-electron chi connectivity index (χ1n) is 7.34. The summed E-state index contributed by atoms with van der Waals surface area (Å²) in [5.74, 6) is -0.192. The summed E-state index contributed by atoms with van der Waals surface area (Å²) in [6, 6.07) is 8.32. The van der Waals surface area contributed by atoms with Gasteiger partial charge in [-0.1, -0.05) is 12.1 Å². The summed E-state index contributed by atoms with van der Waals surface area (Å²) in [6.45, 7) is 0. The fourth-order valence-electron chi connectivity index (χ4n) is 1.97. The molecule has 2 N–H and O–H groups in total. The third-order valence-electron chi connectivity index (χ3n) is 2.97. The maximum absolute atomic E-state index is 10.9. The molecule has 0 bridgehead atoms. The van der Waals surface area contributed by atoms with Crippen molar-refractivity contribution in [3.63, 3.8) is 0 Å². The molecule has 0 aliphatic carbocycles. The first-order valence-corrected chi connectivity index (χ1v) is 6.34. The number of nitrogens with zero attached hydrogens (tertiary/aromatic N) is 3. The lowest BCUT2D eigenvalue weighted by atomic mass is 10.1. The molecule has 0 aliphatic heterocycles. The second kappa shape index (κ2) is 5.65. The number of rotatable bonds is 4. The lowest BCUT2D eigenvalue weighted by Crippen LogP contribution is -1.95. The second-order valence-electron chi connectivity index (χ2n) is 4.48. The number of hydrogen-bond donors (Lipinski definition) is 2. The van der Waals surface area contributed by atoms with Gasteiger partial charge in [-0.3, -0.25) is 15.2 Å². The lowest BCUT2D eigenvalue weighted by Gasteiger charge is -2.06. The van der Waals surface area contributed by atoms with E-state index in [9.17, 15) is 15.2 Å². The topological polar surface area (TPSA) is 105 Å². The maximum atomic E-state index is 10.9. The molecule has 0 amide bonds. The Kier molecular flexibility index (Phi) is 2.94. The van der Waals surface area contributed by atoms with Crippen LogP contribution in [0.25, 0.3) is 11.3 Å². The summed E-state index contributed by atoms with van der Waals surface area (Å²) >= 11 is 0. The summed E-state index contributed by atoms with van der Waals surface area (Å²) in [6.07, 6.45) is 0.833. The predicted molar refractivity (Wildman–Crippen MR) is 79.4 cm³/mol. The Labute approximate surface area is 128 Å².